The quantitative estimate of drug-likeness (QED) is 0.382. The fourth-order valence-corrected chi connectivity index (χ4v) is 3.42. The normalized spacial score (nSPS) is 11.3. The van der Waals surface area contributed by atoms with E-state index in [0.29, 0.717) is 11.1 Å². The number of hydrogen-bond donors (Lipinski definition) is 0. The van der Waals surface area contributed by atoms with E-state index in [1.54, 1.807) is 6.07 Å². The van der Waals surface area contributed by atoms with E-state index in [-0.39, 0.29) is 16.5 Å². The summed E-state index contributed by atoms with van der Waals surface area (Å²) in [5, 5.41) is 9.20. The summed E-state index contributed by atoms with van der Waals surface area (Å²) in [5.41, 5.74) is -0.748. The van der Waals surface area contributed by atoms with Crippen LogP contribution in [0.25, 0.3) is 11.3 Å². The monoisotopic (exact) mass is 406 g/mol. The summed E-state index contributed by atoms with van der Waals surface area (Å²) in [6, 6.07) is 12.7. The van der Waals surface area contributed by atoms with Crippen molar-refractivity contribution in [2.24, 2.45) is 0 Å². The molecular weight excluding hydrogens is 395 g/mol. The Bertz CT molecular complexity index is 1020. The van der Waals surface area contributed by atoms with Gasteiger partial charge in [-0.3, -0.25) is 0 Å². The lowest BCUT2D eigenvalue weighted by Crippen LogP contribution is -2.10. The topological polar surface area (TPSA) is 36.7 Å². The molecule has 0 atom stereocenters. The number of rotatable bonds is 4. The van der Waals surface area contributed by atoms with E-state index in [0.717, 1.165) is 30.0 Å². The molecule has 0 bridgehead atoms. The summed E-state index contributed by atoms with van der Waals surface area (Å²) in [7, 11) is 0. The molecule has 0 unspecified atom stereocenters. The Morgan fingerprint density at radius 2 is 1.50 bits per heavy atom. The van der Waals surface area contributed by atoms with Crippen molar-refractivity contribution in [3.05, 3.63) is 82.9 Å². The highest BCUT2D eigenvalue weighted by molar-refractivity contribution is 7.98. The van der Waals surface area contributed by atoms with Gasteiger partial charge in [-0.2, -0.15) is 18.4 Å². The number of nitrogens with zero attached hydrogens (tertiary/aromatic N) is 2. The second-order valence-electron chi connectivity index (χ2n) is 5.77. The second-order valence-corrected chi connectivity index (χ2v) is 6.73. The molecular formula is C20H11F5N2S. The summed E-state index contributed by atoms with van der Waals surface area (Å²) in [4.78, 5) is 4.19. The molecule has 3 rings (SSSR count). The van der Waals surface area contributed by atoms with E-state index in [2.05, 4.69) is 4.98 Å². The first-order valence-electron chi connectivity index (χ1n) is 7.93. The van der Waals surface area contributed by atoms with Gasteiger partial charge in [-0.05, 0) is 48.0 Å². The first-order valence-corrected chi connectivity index (χ1v) is 8.92. The third-order valence-electron chi connectivity index (χ3n) is 3.83. The fourth-order valence-electron chi connectivity index (χ4n) is 2.46. The Kier molecular flexibility index (Phi) is 5.66. The molecule has 0 saturated carbocycles. The molecule has 0 N–H and O–H groups in total. The van der Waals surface area contributed by atoms with Gasteiger partial charge in [0.05, 0.1) is 16.8 Å². The largest absolute Gasteiger partial charge is 0.417 e. The van der Waals surface area contributed by atoms with Crippen molar-refractivity contribution in [3.8, 4) is 17.3 Å². The molecule has 0 aliphatic rings. The lowest BCUT2D eigenvalue weighted by Gasteiger charge is -2.14. The zero-order valence-electron chi connectivity index (χ0n) is 14.1. The van der Waals surface area contributed by atoms with E-state index in [1.807, 2.05) is 0 Å². The summed E-state index contributed by atoms with van der Waals surface area (Å²) < 4.78 is 66.6. The maximum atomic E-state index is 13.5. The molecule has 0 fully saturated rings. The third-order valence-corrected chi connectivity index (χ3v) is 4.88. The molecule has 1 heterocycles. The van der Waals surface area contributed by atoms with Gasteiger partial charge in [0.25, 0.3) is 0 Å². The maximum Gasteiger partial charge on any atom is 0.417 e. The van der Waals surface area contributed by atoms with Crippen molar-refractivity contribution < 1.29 is 22.0 Å². The Morgan fingerprint density at radius 1 is 0.929 bits per heavy atom. The Labute approximate surface area is 161 Å². The number of benzene rings is 2. The molecule has 1 aromatic heterocycles. The van der Waals surface area contributed by atoms with Crippen LogP contribution < -0.4 is 0 Å². The standard InChI is InChI=1S/C20H11F5N2S/c21-14-5-1-12(2-6-14)11-28-19-16(10-26)17(20(23,24)25)9-18(27-19)13-3-7-15(22)8-4-13/h1-9H,11H2. The molecule has 3 aromatic rings. The summed E-state index contributed by atoms with van der Waals surface area (Å²) >= 11 is 0.943. The van der Waals surface area contributed by atoms with E-state index >= 15 is 0 Å². The van der Waals surface area contributed by atoms with Gasteiger partial charge in [-0.25, -0.2) is 13.8 Å². The minimum Gasteiger partial charge on any atom is -0.240 e. The number of aromatic nitrogens is 1. The highest BCUT2D eigenvalue weighted by Gasteiger charge is 2.36. The zero-order valence-corrected chi connectivity index (χ0v) is 14.9. The molecule has 142 valence electrons. The average Bonchev–Trinajstić information content (AvgIpc) is 2.66. The molecule has 0 aliphatic carbocycles. The Balaban J connectivity index is 2.05. The molecule has 0 spiro atoms. The molecule has 28 heavy (non-hydrogen) atoms. The van der Waals surface area contributed by atoms with Gasteiger partial charge in [0.2, 0.25) is 0 Å². The number of halogens is 5. The smallest absolute Gasteiger partial charge is 0.240 e. The van der Waals surface area contributed by atoms with Gasteiger partial charge < -0.3 is 0 Å². The Hall–Kier alpha value is -2.92. The molecule has 0 amide bonds. The van der Waals surface area contributed by atoms with Crippen LogP contribution in [0.15, 0.2) is 59.6 Å². The first-order chi connectivity index (χ1) is 13.3. The van der Waals surface area contributed by atoms with Crippen LogP contribution in [-0.2, 0) is 11.9 Å². The van der Waals surface area contributed by atoms with Gasteiger partial charge in [-0.15, -0.1) is 11.8 Å². The van der Waals surface area contributed by atoms with Gasteiger partial charge in [-0.1, -0.05) is 12.1 Å². The van der Waals surface area contributed by atoms with Crippen molar-refractivity contribution >= 4 is 11.8 Å². The number of hydrogen-bond acceptors (Lipinski definition) is 3. The van der Waals surface area contributed by atoms with Crippen molar-refractivity contribution in [2.45, 2.75) is 17.0 Å². The van der Waals surface area contributed by atoms with E-state index in [9.17, 15) is 27.2 Å². The zero-order chi connectivity index (χ0) is 20.3. The van der Waals surface area contributed by atoms with Crippen molar-refractivity contribution in [2.75, 3.05) is 0 Å². The lowest BCUT2D eigenvalue weighted by molar-refractivity contribution is -0.138. The number of alkyl halides is 3. The lowest BCUT2D eigenvalue weighted by atomic mass is 10.1. The van der Waals surface area contributed by atoms with Gasteiger partial charge in [0.1, 0.15) is 22.7 Å². The number of thioether (sulfide) groups is 1. The van der Waals surface area contributed by atoms with Gasteiger partial charge in [0.15, 0.2) is 0 Å². The van der Waals surface area contributed by atoms with Crippen LogP contribution >= 0.6 is 11.8 Å². The van der Waals surface area contributed by atoms with Crippen molar-refractivity contribution in [1.82, 2.24) is 4.98 Å². The van der Waals surface area contributed by atoms with Gasteiger partial charge >= 0.3 is 6.18 Å². The Morgan fingerprint density at radius 3 is 2.04 bits per heavy atom. The van der Waals surface area contributed by atoms with Crippen LogP contribution in [0.3, 0.4) is 0 Å². The predicted octanol–water partition coefficient (Wildman–Crippen LogP) is 6.21. The van der Waals surface area contributed by atoms with Crippen LogP contribution in [-0.4, -0.2) is 4.98 Å². The van der Waals surface area contributed by atoms with E-state index < -0.39 is 28.9 Å². The van der Waals surface area contributed by atoms with E-state index in [4.69, 9.17) is 0 Å². The fraction of sp³-hybridized carbons (Fsp3) is 0.100. The van der Waals surface area contributed by atoms with Crippen LogP contribution in [0.4, 0.5) is 22.0 Å². The van der Waals surface area contributed by atoms with Crippen LogP contribution in [0, 0.1) is 23.0 Å². The molecule has 0 aliphatic heterocycles. The second kappa shape index (κ2) is 7.98. The van der Waals surface area contributed by atoms with Crippen molar-refractivity contribution in [3.63, 3.8) is 0 Å². The predicted molar refractivity (Wildman–Crippen MR) is 95.3 cm³/mol. The molecule has 0 saturated heterocycles. The summed E-state index contributed by atoms with van der Waals surface area (Å²) in [6.45, 7) is 0. The molecule has 8 heteroatoms. The van der Waals surface area contributed by atoms with Crippen LogP contribution in [0.2, 0.25) is 0 Å². The molecule has 2 nitrogen and oxygen atoms in total. The summed E-state index contributed by atoms with van der Waals surface area (Å²) in [6.07, 6.45) is -4.76. The maximum absolute atomic E-state index is 13.5. The highest BCUT2D eigenvalue weighted by Crippen LogP contribution is 2.38. The van der Waals surface area contributed by atoms with E-state index in [1.165, 1.54) is 36.4 Å². The summed E-state index contributed by atoms with van der Waals surface area (Å²) in [5.74, 6) is -0.756. The third kappa shape index (κ3) is 4.49. The minimum atomic E-state index is -4.76. The van der Waals surface area contributed by atoms with Crippen LogP contribution in [0.5, 0.6) is 0 Å². The number of pyridine rings is 1. The van der Waals surface area contributed by atoms with Crippen LogP contribution in [0.1, 0.15) is 16.7 Å². The number of nitriles is 1. The SMILES string of the molecule is N#Cc1c(C(F)(F)F)cc(-c2ccc(F)cc2)nc1SCc1ccc(F)cc1. The van der Waals surface area contributed by atoms with Crippen molar-refractivity contribution in [1.29, 1.82) is 5.26 Å². The van der Waals surface area contributed by atoms with Gasteiger partial charge in [0, 0.05) is 11.3 Å². The molecule has 2 aromatic carbocycles. The highest BCUT2D eigenvalue weighted by atomic mass is 32.2. The first kappa shape index (κ1) is 19.8. The average molecular weight is 406 g/mol. The minimum absolute atomic E-state index is 0.0204. The molecule has 0 radical (unpaired) electrons.